The Bertz CT molecular complexity index is 1330. The molecule has 5 rings (SSSR count). The lowest BCUT2D eigenvalue weighted by Gasteiger charge is -2.31. The second-order valence-electron chi connectivity index (χ2n) is 9.19. The van der Waals surface area contributed by atoms with Crippen LogP contribution in [0.3, 0.4) is 0 Å². The predicted molar refractivity (Wildman–Crippen MR) is 137 cm³/mol. The molecule has 3 fully saturated rings. The van der Waals surface area contributed by atoms with Crippen LogP contribution >= 0.6 is 43.5 Å². The molecule has 3 aliphatic rings. The molecule has 0 spiro atoms. The first-order valence-corrected chi connectivity index (χ1v) is 13.4. The van der Waals surface area contributed by atoms with Gasteiger partial charge in [-0.15, -0.1) is 0 Å². The van der Waals surface area contributed by atoms with E-state index in [0.717, 1.165) is 28.2 Å². The molecule has 2 saturated carbocycles. The number of nitro benzene ring substituents is 2. The maximum Gasteiger partial charge on any atom is 0.275 e. The third-order valence-electron chi connectivity index (χ3n) is 7.33. The quantitative estimate of drug-likeness (QED) is 0.193. The average Bonchev–Trinajstić information content (AvgIpc) is 3.48. The van der Waals surface area contributed by atoms with Crippen molar-refractivity contribution in [3.05, 3.63) is 78.8 Å². The number of amides is 3. The number of hydrogen-bond donors (Lipinski definition) is 0. The van der Waals surface area contributed by atoms with Gasteiger partial charge in [0.15, 0.2) is 0 Å². The zero-order valence-corrected chi connectivity index (χ0v) is 22.6. The summed E-state index contributed by atoms with van der Waals surface area (Å²) in [5.41, 5.74) is -0.599. The SMILES string of the molecule is O=C(c1ccc([N+](=O)[O-])cc1)N(Cc1ccc(Cl)cc1[N+](=O)[O-])N1C(=O)[C@@H]2[C@H]3C[C@@H]([C@H](Br)[C@H]3Br)[C@H]2C1=O. The van der Waals surface area contributed by atoms with E-state index in [1.54, 1.807) is 0 Å². The Morgan fingerprint density at radius 2 is 1.54 bits per heavy atom. The number of imide groups is 1. The summed E-state index contributed by atoms with van der Waals surface area (Å²) in [5.74, 6) is -3.36. The lowest BCUT2D eigenvalue weighted by Crippen LogP contribution is -2.50. The van der Waals surface area contributed by atoms with Gasteiger partial charge in [0.2, 0.25) is 0 Å². The molecule has 14 heteroatoms. The standard InChI is InChI=1S/C23H17Br2ClN4O7/c24-19-14-8-15(20(19)25)18-17(14)22(32)28(23(18)33)27(9-11-1-4-12(26)7-16(11)30(36)37)21(31)10-2-5-13(6-3-10)29(34)35/h1-7,14-15,17-20H,8-9H2/t14-,15-,17-,18-,19+,20+/m1/s1. The number of nitrogens with zero attached hydrogens (tertiary/aromatic N) is 4. The second-order valence-corrected chi connectivity index (χ2v) is 11.7. The van der Waals surface area contributed by atoms with Gasteiger partial charge in [-0.05, 0) is 42.5 Å². The van der Waals surface area contributed by atoms with Gasteiger partial charge in [-0.25, -0.2) is 5.01 Å². The van der Waals surface area contributed by atoms with Gasteiger partial charge in [0.05, 0.1) is 33.8 Å². The molecule has 2 aromatic carbocycles. The number of nitro groups is 2. The van der Waals surface area contributed by atoms with Gasteiger partial charge in [-0.2, -0.15) is 5.01 Å². The molecule has 0 N–H and O–H groups in total. The fraction of sp³-hybridized carbons (Fsp3) is 0.348. The van der Waals surface area contributed by atoms with E-state index in [4.69, 9.17) is 11.6 Å². The molecule has 0 unspecified atom stereocenters. The number of benzene rings is 2. The maximum absolute atomic E-state index is 13.7. The number of carbonyl (C=O) groups is 3. The fourth-order valence-corrected chi connectivity index (χ4v) is 7.72. The van der Waals surface area contributed by atoms with Crippen LogP contribution in [-0.2, 0) is 16.1 Å². The Labute approximate surface area is 231 Å². The molecule has 0 radical (unpaired) electrons. The van der Waals surface area contributed by atoms with Crippen molar-refractivity contribution in [2.45, 2.75) is 22.6 Å². The van der Waals surface area contributed by atoms with Gasteiger partial charge < -0.3 is 0 Å². The molecule has 11 nitrogen and oxygen atoms in total. The Morgan fingerprint density at radius 3 is 2.05 bits per heavy atom. The van der Waals surface area contributed by atoms with Crippen LogP contribution in [0.15, 0.2) is 42.5 Å². The second kappa shape index (κ2) is 9.44. The molecule has 6 atom stereocenters. The van der Waals surface area contributed by atoms with Crippen molar-refractivity contribution in [1.82, 2.24) is 10.0 Å². The van der Waals surface area contributed by atoms with Crippen LogP contribution in [0.2, 0.25) is 5.02 Å². The zero-order valence-electron chi connectivity index (χ0n) is 18.7. The van der Waals surface area contributed by atoms with Crippen molar-refractivity contribution in [3.8, 4) is 0 Å². The monoisotopic (exact) mass is 654 g/mol. The van der Waals surface area contributed by atoms with E-state index in [2.05, 4.69) is 31.9 Å². The molecule has 37 heavy (non-hydrogen) atoms. The minimum atomic E-state index is -0.807. The summed E-state index contributed by atoms with van der Waals surface area (Å²) in [6, 6.07) is 8.57. The Balaban J connectivity index is 1.56. The van der Waals surface area contributed by atoms with Gasteiger partial charge in [-0.1, -0.05) is 43.5 Å². The molecule has 3 amide bonds. The van der Waals surface area contributed by atoms with Crippen molar-refractivity contribution >= 4 is 72.6 Å². The minimum absolute atomic E-state index is 0.0216. The van der Waals surface area contributed by atoms with Gasteiger partial charge in [0.25, 0.3) is 29.1 Å². The summed E-state index contributed by atoms with van der Waals surface area (Å²) < 4.78 is 0. The highest BCUT2D eigenvalue weighted by molar-refractivity contribution is 9.12. The maximum atomic E-state index is 13.7. The van der Waals surface area contributed by atoms with E-state index >= 15 is 0 Å². The molecule has 1 saturated heterocycles. The van der Waals surface area contributed by atoms with Crippen LogP contribution in [0.1, 0.15) is 22.3 Å². The van der Waals surface area contributed by atoms with Crippen molar-refractivity contribution in [1.29, 1.82) is 0 Å². The number of fused-ring (bicyclic) bond motifs is 5. The van der Waals surface area contributed by atoms with Crippen molar-refractivity contribution in [2.24, 2.45) is 23.7 Å². The van der Waals surface area contributed by atoms with Gasteiger partial charge in [0, 0.05) is 38.4 Å². The number of hydrogen-bond acceptors (Lipinski definition) is 7. The highest BCUT2D eigenvalue weighted by atomic mass is 79.9. The lowest BCUT2D eigenvalue weighted by molar-refractivity contribution is -0.385. The molecule has 0 aromatic heterocycles. The molecule has 192 valence electrons. The van der Waals surface area contributed by atoms with Crippen molar-refractivity contribution in [3.63, 3.8) is 0 Å². The van der Waals surface area contributed by atoms with Crippen LogP contribution < -0.4 is 0 Å². The smallest absolute Gasteiger partial charge is 0.272 e. The first kappa shape index (κ1) is 25.7. The largest absolute Gasteiger partial charge is 0.275 e. The highest BCUT2D eigenvalue weighted by Crippen LogP contribution is 2.60. The van der Waals surface area contributed by atoms with Crippen molar-refractivity contribution in [2.75, 3.05) is 0 Å². The number of alkyl halides is 2. The third kappa shape index (κ3) is 4.12. The summed E-state index contributed by atoms with van der Waals surface area (Å²) in [5, 5.41) is 24.5. The van der Waals surface area contributed by atoms with Gasteiger partial charge in [-0.3, -0.25) is 34.6 Å². The molecular weight excluding hydrogens is 640 g/mol. The molecule has 2 aromatic rings. The topological polar surface area (TPSA) is 144 Å². The number of halogens is 3. The first-order chi connectivity index (χ1) is 17.5. The molecule has 1 heterocycles. The highest BCUT2D eigenvalue weighted by Gasteiger charge is 2.67. The van der Waals surface area contributed by atoms with Crippen LogP contribution in [0.4, 0.5) is 11.4 Å². The van der Waals surface area contributed by atoms with Gasteiger partial charge >= 0.3 is 0 Å². The summed E-state index contributed by atoms with van der Waals surface area (Å²) in [7, 11) is 0. The Kier molecular flexibility index (Phi) is 6.57. The first-order valence-electron chi connectivity index (χ1n) is 11.2. The normalized spacial score (nSPS) is 27.9. The average molecular weight is 657 g/mol. The molecular formula is C23H17Br2ClN4O7. The van der Waals surface area contributed by atoms with E-state index in [1.165, 1.54) is 24.3 Å². The van der Waals surface area contributed by atoms with E-state index in [0.29, 0.717) is 6.42 Å². The summed E-state index contributed by atoms with van der Waals surface area (Å²) >= 11 is 13.2. The molecule has 1 aliphatic heterocycles. The predicted octanol–water partition coefficient (Wildman–Crippen LogP) is 4.49. The summed E-state index contributed by atoms with van der Waals surface area (Å²) in [6.45, 7) is -0.467. The fourth-order valence-electron chi connectivity index (χ4n) is 5.68. The minimum Gasteiger partial charge on any atom is -0.272 e. The van der Waals surface area contributed by atoms with Crippen LogP contribution in [-0.4, -0.2) is 47.2 Å². The van der Waals surface area contributed by atoms with E-state index in [9.17, 15) is 34.6 Å². The van der Waals surface area contributed by atoms with Crippen LogP contribution in [0, 0.1) is 43.9 Å². The molecule has 2 aliphatic carbocycles. The lowest BCUT2D eigenvalue weighted by atomic mass is 9.81. The number of non-ortho nitro benzene ring substituents is 1. The van der Waals surface area contributed by atoms with Crippen molar-refractivity contribution < 1.29 is 24.2 Å². The molecule has 2 bridgehead atoms. The van der Waals surface area contributed by atoms with Crippen LogP contribution in [0.25, 0.3) is 0 Å². The third-order valence-corrected chi connectivity index (χ3v) is 10.8. The Hall–Kier alpha value is -2.90. The summed E-state index contributed by atoms with van der Waals surface area (Å²) in [6.07, 6.45) is 0.686. The number of hydrazine groups is 1. The van der Waals surface area contributed by atoms with Gasteiger partial charge in [0.1, 0.15) is 0 Å². The van der Waals surface area contributed by atoms with E-state index in [1.807, 2.05) is 0 Å². The Morgan fingerprint density at radius 1 is 0.973 bits per heavy atom. The zero-order chi connectivity index (χ0) is 26.8. The number of rotatable bonds is 6. The summed E-state index contributed by atoms with van der Waals surface area (Å²) in [4.78, 5) is 62.4. The van der Waals surface area contributed by atoms with Crippen LogP contribution in [0.5, 0.6) is 0 Å². The van der Waals surface area contributed by atoms with E-state index < -0.39 is 45.9 Å². The number of carbonyl (C=O) groups excluding carboxylic acids is 3. The van der Waals surface area contributed by atoms with E-state index in [-0.39, 0.29) is 49.0 Å².